The first-order chi connectivity index (χ1) is 8.78. The van der Waals surface area contributed by atoms with Gasteiger partial charge in [0, 0.05) is 5.69 Å². The summed E-state index contributed by atoms with van der Waals surface area (Å²) >= 11 is 1.60. The van der Waals surface area contributed by atoms with Crippen molar-refractivity contribution in [3.63, 3.8) is 0 Å². The summed E-state index contributed by atoms with van der Waals surface area (Å²) in [6, 6.07) is 9.35. The van der Waals surface area contributed by atoms with Crippen LogP contribution in [0.2, 0.25) is 0 Å². The molecule has 0 bridgehead atoms. The van der Waals surface area contributed by atoms with Crippen molar-refractivity contribution in [2.24, 2.45) is 0 Å². The fourth-order valence-corrected chi connectivity index (χ4v) is 2.25. The first-order valence-electron chi connectivity index (χ1n) is 5.81. The Morgan fingerprint density at radius 1 is 1.28 bits per heavy atom. The minimum atomic E-state index is -0.00226. The van der Waals surface area contributed by atoms with E-state index in [0.29, 0.717) is 13.0 Å². The van der Waals surface area contributed by atoms with E-state index in [1.165, 1.54) is 0 Å². The van der Waals surface area contributed by atoms with Gasteiger partial charge in [0.05, 0.1) is 13.0 Å². The predicted octanol–water partition coefficient (Wildman–Crippen LogP) is 3.33. The molecule has 2 aromatic rings. The highest BCUT2D eigenvalue weighted by Gasteiger charge is 2.04. The number of hydrogen-bond acceptors (Lipinski definition) is 3. The third-order valence-electron chi connectivity index (χ3n) is 2.39. The molecule has 0 saturated carbocycles. The second-order valence-corrected chi connectivity index (χ2v) is 4.59. The van der Waals surface area contributed by atoms with E-state index >= 15 is 0 Å². The molecule has 0 unspecified atom stereocenters. The summed E-state index contributed by atoms with van der Waals surface area (Å²) in [5.74, 6) is 0.811. The molecule has 0 radical (unpaired) electrons. The highest BCUT2D eigenvalue weighted by molar-refractivity contribution is 7.08. The van der Waals surface area contributed by atoms with Crippen molar-refractivity contribution >= 4 is 22.9 Å². The normalized spacial score (nSPS) is 10.1. The summed E-state index contributed by atoms with van der Waals surface area (Å²) in [6.45, 7) is 2.58. The highest BCUT2D eigenvalue weighted by Crippen LogP contribution is 2.16. The first kappa shape index (κ1) is 12.6. The molecule has 1 aromatic heterocycles. The van der Waals surface area contributed by atoms with Crippen LogP contribution in [0.3, 0.4) is 0 Å². The zero-order chi connectivity index (χ0) is 12.8. The third-order valence-corrected chi connectivity index (χ3v) is 3.13. The van der Waals surface area contributed by atoms with E-state index in [-0.39, 0.29) is 5.91 Å². The Bertz CT molecular complexity index is 491. The average Bonchev–Trinajstić information content (AvgIpc) is 2.84. The van der Waals surface area contributed by atoms with Crippen LogP contribution in [0.15, 0.2) is 41.1 Å². The van der Waals surface area contributed by atoms with E-state index < -0.39 is 0 Å². The molecular weight excluding hydrogens is 246 g/mol. The van der Waals surface area contributed by atoms with E-state index in [1.54, 1.807) is 11.3 Å². The second-order valence-electron chi connectivity index (χ2n) is 3.81. The van der Waals surface area contributed by atoms with Gasteiger partial charge in [0.15, 0.2) is 0 Å². The van der Waals surface area contributed by atoms with Gasteiger partial charge in [-0.2, -0.15) is 11.3 Å². The quantitative estimate of drug-likeness (QED) is 0.896. The number of hydrogen-bond donors (Lipinski definition) is 1. The number of anilines is 1. The molecule has 0 saturated heterocycles. The van der Waals surface area contributed by atoms with Crippen molar-refractivity contribution in [2.45, 2.75) is 13.3 Å². The van der Waals surface area contributed by atoms with Gasteiger partial charge >= 0.3 is 0 Å². The maximum Gasteiger partial charge on any atom is 0.228 e. The maximum absolute atomic E-state index is 11.8. The summed E-state index contributed by atoms with van der Waals surface area (Å²) in [5.41, 5.74) is 1.84. The van der Waals surface area contributed by atoms with Gasteiger partial charge < -0.3 is 10.1 Å². The van der Waals surface area contributed by atoms with Crippen LogP contribution in [0.25, 0.3) is 0 Å². The van der Waals surface area contributed by atoms with Crippen molar-refractivity contribution < 1.29 is 9.53 Å². The fraction of sp³-hybridized carbons (Fsp3) is 0.214. The summed E-state index contributed by atoms with van der Waals surface area (Å²) in [5, 5.41) is 6.82. The third kappa shape index (κ3) is 3.60. The molecule has 0 aliphatic rings. The average molecular weight is 261 g/mol. The van der Waals surface area contributed by atoms with Gasteiger partial charge in [0.25, 0.3) is 0 Å². The number of carbonyl (C=O) groups excluding carboxylic acids is 1. The summed E-state index contributed by atoms with van der Waals surface area (Å²) in [7, 11) is 0. The lowest BCUT2D eigenvalue weighted by atomic mass is 10.2. The van der Waals surface area contributed by atoms with Gasteiger partial charge in [-0.3, -0.25) is 4.79 Å². The highest BCUT2D eigenvalue weighted by atomic mass is 32.1. The topological polar surface area (TPSA) is 38.3 Å². The number of nitrogens with one attached hydrogen (secondary N) is 1. The van der Waals surface area contributed by atoms with E-state index in [4.69, 9.17) is 4.74 Å². The molecule has 4 heteroatoms. The lowest BCUT2D eigenvalue weighted by Crippen LogP contribution is -2.13. The lowest BCUT2D eigenvalue weighted by Gasteiger charge is -2.06. The van der Waals surface area contributed by atoms with Crippen LogP contribution < -0.4 is 10.1 Å². The van der Waals surface area contributed by atoms with E-state index in [0.717, 1.165) is 17.0 Å². The number of thiophene rings is 1. The Balaban J connectivity index is 1.90. The summed E-state index contributed by atoms with van der Waals surface area (Å²) in [6.07, 6.45) is 0.413. The van der Waals surface area contributed by atoms with Crippen LogP contribution in [-0.2, 0) is 11.2 Å². The largest absolute Gasteiger partial charge is 0.494 e. The molecule has 0 aliphatic heterocycles. The first-order valence-corrected chi connectivity index (χ1v) is 6.76. The maximum atomic E-state index is 11.8. The zero-order valence-electron chi connectivity index (χ0n) is 10.2. The van der Waals surface area contributed by atoms with Crippen LogP contribution in [0.5, 0.6) is 5.75 Å². The van der Waals surface area contributed by atoms with Crippen molar-refractivity contribution in [1.82, 2.24) is 0 Å². The second kappa shape index (κ2) is 6.21. The van der Waals surface area contributed by atoms with Crippen LogP contribution in [0, 0.1) is 0 Å². The van der Waals surface area contributed by atoms with Gasteiger partial charge in [0.2, 0.25) is 5.91 Å². The Kier molecular flexibility index (Phi) is 4.36. The molecule has 3 nitrogen and oxygen atoms in total. The Labute approximate surface area is 110 Å². The Hall–Kier alpha value is -1.81. The molecule has 0 aliphatic carbocycles. The van der Waals surface area contributed by atoms with Crippen LogP contribution in [0.4, 0.5) is 5.69 Å². The summed E-state index contributed by atoms with van der Waals surface area (Å²) in [4.78, 5) is 11.8. The molecule has 1 amide bonds. The molecule has 1 heterocycles. The van der Waals surface area contributed by atoms with Crippen LogP contribution in [0.1, 0.15) is 12.5 Å². The Morgan fingerprint density at radius 3 is 2.67 bits per heavy atom. The molecule has 94 valence electrons. The number of amides is 1. The molecule has 0 fully saturated rings. The molecular formula is C14H15NO2S. The molecule has 18 heavy (non-hydrogen) atoms. The van der Waals surface area contributed by atoms with Gasteiger partial charge in [-0.15, -0.1) is 0 Å². The van der Waals surface area contributed by atoms with Gasteiger partial charge in [0.1, 0.15) is 5.75 Å². The minimum Gasteiger partial charge on any atom is -0.494 e. The standard InChI is InChI=1S/C14H15NO2S/c1-2-17-13-5-3-12(4-6-13)15-14(16)9-11-7-8-18-10-11/h3-8,10H,2,9H2,1H3,(H,15,16). The van der Waals surface area contributed by atoms with Crippen molar-refractivity contribution in [1.29, 1.82) is 0 Å². The van der Waals surface area contributed by atoms with Crippen molar-refractivity contribution in [3.8, 4) is 5.75 Å². The lowest BCUT2D eigenvalue weighted by molar-refractivity contribution is -0.115. The van der Waals surface area contributed by atoms with E-state index in [9.17, 15) is 4.79 Å². The van der Waals surface area contributed by atoms with Crippen molar-refractivity contribution in [3.05, 3.63) is 46.7 Å². The number of rotatable bonds is 5. The number of carbonyl (C=O) groups is 1. The molecule has 2 rings (SSSR count). The molecule has 0 spiro atoms. The predicted molar refractivity (Wildman–Crippen MR) is 74.3 cm³/mol. The molecule has 1 aromatic carbocycles. The zero-order valence-corrected chi connectivity index (χ0v) is 11.0. The molecule has 0 atom stereocenters. The monoisotopic (exact) mass is 261 g/mol. The van der Waals surface area contributed by atoms with Gasteiger partial charge in [-0.25, -0.2) is 0 Å². The smallest absolute Gasteiger partial charge is 0.228 e. The van der Waals surface area contributed by atoms with Crippen molar-refractivity contribution in [2.75, 3.05) is 11.9 Å². The van der Waals surface area contributed by atoms with E-state index in [1.807, 2.05) is 48.0 Å². The minimum absolute atomic E-state index is 0.00226. The van der Waals surface area contributed by atoms with Crippen LogP contribution >= 0.6 is 11.3 Å². The number of benzene rings is 1. The fourth-order valence-electron chi connectivity index (χ4n) is 1.58. The number of ether oxygens (including phenoxy) is 1. The van der Waals surface area contributed by atoms with Gasteiger partial charge in [-0.05, 0) is 53.6 Å². The summed E-state index contributed by atoms with van der Waals surface area (Å²) < 4.78 is 5.34. The SMILES string of the molecule is CCOc1ccc(NC(=O)Cc2ccsc2)cc1. The van der Waals surface area contributed by atoms with Crippen LogP contribution in [-0.4, -0.2) is 12.5 Å². The molecule has 1 N–H and O–H groups in total. The van der Waals surface area contributed by atoms with E-state index in [2.05, 4.69) is 5.32 Å². The Morgan fingerprint density at radius 2 is 2.06 bits per heavy atom. The van der Waals surface area contributed by atoms with Gasteiger partial charge in [-0.1, -0.05) is 0 Å².